The second kappa shape index (κ2) is 6.10. The standard InChI is InChI=1S/C29H33NO3/c1-18-9-10-20-15-22-27-11-12-29(32,21(17-27)26(2,31)16-19-7-5-4-6-8-19)25-28(27,13-14-30(22)3)23(20)24(18)33-25/h4-12,21-22,25,31-32H,13-17H2,1-3H3/t21-,22-,25-,26-,27-,28+,29-/m1/s1. The lowest BCUT2D eigenvalue weighted by Gasteiger charge is -2.71. The van der Waals surface area contributed by atoms with Gasteiger partial charge in [-0.05, 0) is 63.4 Å². The number of aliphatic hydroxyl groups is 2. The molecule has 0 radical (unpaired) electrons. The van der Waals surface area contributed by atoms with Gasteiger partial charge in [-0.2, -0.15) is 0 Å². The van der Waals surface area contributed by atoms with Gasteiger partial charge < -0.3 is 19.8 Å². The number of piperidine rings is 1. The molecule has 8 rings (SSSR count). The van der Waals surface area contributed by atoms with E-state index in [1.54, 1.807) is 0 Å². The number of likely N-dealkylation sites (tertiary alicyclic amines) is 1. The van der Waals surface area contributed by atoms with Gasteiger partial charge in [-0.1, -0.05) is 54.6 Å². The Hall–Kier alpha value is -2.14. The summed E-state index contributed by atoms with van der Waals surface area (Å²) in [6.45, 7) is 5.05. The molecule has 0 aromatic heterocycles. The van der Waals surface area contributed by atoms with Crippen molar-refractivity contribution in [3.8, 4) is 5.75 Å². The molecule has 4 aliphatic carbocycles. The SMILES string of the molecule is Cc1ccc2c3c1O[C@H]1[C@@]4(O)C=C[C@@]5(C[C@@H]4[C@](C)(O)Cc4ccccc4)[C@@H](C2)N(C)CC[C@]315. The van der Waals surface area contributed by atoms with Crippen molar-refractivity contribution in [2.24, 2.45) is 11.3 Å². The van der Waals surface area contributed by atoms with Crippen molar-refractivity contribution in [1.29, 1.82) is 0 Å². The Kier molecular flexibility index (Phi) is 3.74. The van der Waals surface area contributed by atoms with Gasteiger partial charge in [0, 0.05) is 29.4 Å². The highest BCUT2D eigenvalue weighted by Crippen LogP contribution is 2.74. The summed E-state index contributed by atoms with van der Waals surface area (Å²) in [5.41, 5.74) is 2.36. The van der Waals surface area contributed by atoms with Gasteiger partial charge in [0.2, 0.25) is 0 Å². The lowest BCUT2D eigenvalue weighted by atomic mass is 9.36. The van der Waals surface area contributed by atoms with E-state index in [0.717, 1.165) is 42.7 Å². The Labute approximate surface area is 195 Å². The molecule has 1 saturated carbocycles. The number of hydrogen-bond acceptors (Lipinski definition) is 4. The fraction of sp³-hybridized carbons (Fsp3) is 0.517. The normalized spacial score (nSPS) is 41.4. The van der Waals surface area contributed by atoms with Crippen LogP contribution in [0.5, 0.6) is 5.75 Å². The van der Waals surface area contributed by atoms with Crippen LogP contribution in [-0.2, 0) is 18.3 Å². The van der Waals surface area contributed by atoms with Gasteiger partial charge in [0.1, 0.15) is 17.5 Å². The van der Waals surface area contributed by atoms with E-state index in [0.29, 0.717) is 12.5 Å². The molecule has 0 amide bonds. The van der Waals surface area contributed by atoms with Gasteiger partial charge in [-0.25, -0.2) is 0 Å². The van der Waals surface area contributed by atoms with Crippen LogP contribution in [0.1, 0.15) is 42.0 Å². The molecule has 2 fully saturated rings. The average Bonchev–Trinajstić information content (AvgIpc) is 3.16. The fourth-order valence-electron chi connectivity index (χ4n) is 8.75. The fourth-order valence-corrected chi connectivity index (χ4v) is 8.75. The molecule has 1 saturated heterocycles. The summed E-state index contributed by atoms with van der Waals surface area (Å²) in [4.78, 5) is 2.52. The third-order valence-electron chi connectivity index (χ3n) is 10.1. The maximum atomic E-state index is 12.4. The highest BCUT2D eigenvalue weighted by Gasteiger charge is 2.79. The van der Waals surface area contributed by atoms with Gasteiger partial charge in [0.25, 0.3) is 0 Å². The summed E-state index contributed by atoms with van der Waals surface area (Å²) in [7, 11) is 2.25. The zero-order valence-electron chi connectivity index (χ0n) is 19.7. The Morgan fingerprint density at radius 3 is 2.73 bits per heavy atom. The first-order valence-electron chi connectivity index (χ1n) is 12.4. The molecule has 2 spiro atoms. The molecule has 2 aromatic carbocycles. The van der Waals surface area contributed by atoms with Crippen LogP contribution in [0.4, 0.5) is 0 Å². The third kappa shape index (κ3) is 2.19. The summed E-state index contributed by atoms with van der Waals surface area (Å²) in [5, 5.41) is 24.4. The summed E-state index contributed by atoms with van der Waals surface area (Å²) in [5.74, 6) is 0.689. The van der Waals surface area contributed by atoms with E-state index in [1.165, 1.54) is 11.1 Å². The van der Waals surface area contributed by atoms with E-state index in [-0.39, 0.29) is 22.9 Å². The minimum atomic E-state index is -1.21. The summed E-state index contributed by atoms with van der Waals surface area (Å²) in [6.07, 6.45) is 7.26. The molecule has 2 aliphatic heterocycles. The van der Waals surface area contributed by atoms with Crippen LogP contribution in [0.15, 0.2) is 54.6 Å². The van der Waals surface area contributed by atoms with E-state index < -0.39 is 11.2 Å². The Morgan fingerprint density at radius 2 is 1.94 bits per heavy atom. The molecular formula is C29H33NO3. The van der Waals surface area contributed by atoms with Gasteiger partial charge in [-0.15, -0.1) is 0 Å². The number of rotatable bonds is 3. The summed E-state index contributed by atoms with van der Waals surface area (Å²) in [6, 6.07) is 15.0. The van der Waals surface area contributed by atoms with Gasteiger partial charge in [-0.3, -0.25) is 0 Å². The molecule has 0 unspecified atom stereocenters. The third-order valence-corrected chi connectivity index (χ3v) is 10.1. The number of aryl methyl sites for hydroxylation is 1. The maximum Gasteiger partial charge on any atom is 0.142 e. The summed E-state index contributed by atoms with van der Waals surface area (Å²) >= 11 is 0. The highest BCUT2D eigenvalue weighted by molar-refractivity contribution is 5.63. The highest BCUT2D eigenvalue weighted by atomic mass is 16.5. The molecule has 6 aliphatic rings. The number of benzene rings is 2. The van der Waals surface area contributed by atoms with Crippen LogP contribution in [0, 0.1) is 18.3 Å². The van der Waals surface area contributed by atoms with Crippen molar-refractivity contribution < 1.29 is 14.9 Å². The average molecular weight is 444 g/mol. The van der Waals surface area contributed by atoms with Crippen LogP contribution in [0.25, 0.3) is 0 Å². The molecule has 4 heteroatoms. The van der Waals surface area contributed by atoms with E-state index in [4.69, 9.17) is 4.74 Å². The quantitative estimate of drug-likeness (QED) is 0.713. The zero-order valence-corrected chi connectivity index (χ0v) is 19.7. The van der Waals surface area contributed by atoms with Crippen molar-refractivity contribution in [1.82, 2.24) is 4.90 Å². The number of hydrogen-bond donors (Lipinski definition) is 2. The lowest BCUT2D eigenvalue weighted by molar-refractivity contribution is -0.237. The van der Waals surface area contributed by atoms with Crippen molar-refractivity contribution >= 4 is 0 Å². The molecule has 7 atom stereocenters. The van der Waals surface area contributed by atoms with E-state index in [1.807, 2.05) is 31.2 Å². The molecule has 4 bridgehead atoms. The predicted octanol–water partition coefficient (Wildman–Crippen LogP) is 3.55. The molecular weight excluding hydrogens is 410 g/mol. The number of nitrogens with zero attached hydrogens (tertiary/aromatic N) is 1. The topological polar surface area (TPSA) is 52.9 Å². The number of likely N-dealkylation sites (N-methyl/N-ethyl adjacent to an activating group) is 1. The van der Waals surface area contributed by atoms with Crippen molar-refractivity contribution in [3.05, 3.63) is 76.9 Å². The Morgan fingerprint density at radius 1 is 1.15 bits per heavy atom. The van der Waals surface area contributed by atoms with Gasteiger partial charge >= 0.3 is 0 Å². The van der Waals surface area contributed by atoms with Crippen LogP contribution < -0.4 is 4.74 Å². The minimum Gasteiger partial charge on any atom is -0.485 e. The first-order valence-corrected chi connectivity index (χ1v) is 12.4. The lowest BCUT2D eigenvalue weighted by Crippen LogP contribution is -2.80. The number of ether oxygens (including phenoxy) is 1. The van der Waals surface area contributed by atoms with Crippen LogP contribution >= 0.6 is 0 Å². The van der Waals surface area contributed by atoms with E-state index in [2.05, 4.69) is 49.2 Å². The smallest absolute Gasteiger partial charge is 0.142 e. The van der Waals surface area contributed by atoms with Crippen LogP contribution in [0.3, 0.4) is 0 Å². The Bertz CT molecular complexity index is 1190. The molecule has 2 N–H and O–H groups in total. The predicted molar refractivity (Wildman–Crippen MR) is 127 cm³/mol. The minimum absolute atomic E-state index is 0.146. The van der Waals surface area contributed by atoms with Crippen molar-refractivity contribution in [3.63, 3.8) is 0 Å². The summed E-state index contributed by atoms with van der Waals surface area (Å²) < 4.78 is 6.82. The van der Waals surface area contributed by atoms with Crippen molar-refractivity contribution in [2.45, 2.75) is 68.3 Å². The first kappa shape index (κ1) is 20.3. The van der Waals surface area contributed by atoms with E-state index in [9.17, 15) is 10.2 Å². The second-order valence-corrected chi connectivity index (χ2v) is 11.7. The monoisotopic (exact) mass is 443 g/mol. The first-order chi connectivity index (χ1) is 15.7. The molecule has 172 valence electrons. The van der Waals surface area contributed by atoms with Crippen LogP contribution in [-0.4, -0.2) is 52.1 Å². The number of fused-ring (bicyclic) bond motifs is 1. The van der Waals surface area contributed by atoms with Gasteiger partial charge in [0.05, 0.1) is 11.0 Å². The molecule has 4 nitrogen and oxygen atoms in total. The Balaban J connectivity index is 1.43. The molecule has 2 aromatic rings. The zero-order chi connectivity index (χ0) is 22.8. The molecule has 2 heterocycles. The largest absolute Gasteiger partial charge is 0.485 e. The van der Waals surface area contributed by atoms with Crippen molar-refractivity contribution in [2.75, 3.05) is 13.6 Å². The van der Waals surface area contributed by atoms with Gasteiger partial charge in [0.15, 0.2) is 0 Å². The van der Waals surface area contributed by atoms with E-state index >= 15 is 0 Å². The molecule has 33 heavy (non-hydrogen) atoms. The maximum absolute atomic E-state index is 12.4. The van der Waals surface area contributed by atoms with Crippen LogP contribution in [0.2, 0.25) is 0 Å². The second-order valence-electron chi connectivity index (χ2n) is 11.7.